The zero-order valence-electron chi connectivity index (χ0n) is 14.0. The molecule has 2 N–H and O–H groups in total. The Kier molecular flexibility index (Phi) is 8.36. The Morgan fingerprint density at radius 1 is 1.40 bits per heavy atom. The molecule has 5 nitrogen and oxygen atoms in total. The summed E-state index contributed by atoms with van der Waals surface area (Å²) in [6.45, 7) is 1.97. The topological polar surface area (TPSA) is 67.4 Å². The molecule has 2 unspecified atom stereocenters. The van der Waals surface area contributed by atoms with E-state index in [9.17, 15) is 9.59 Å². The summed E-state index contributed by atoms with van der Waals surface area (Å²) in [7, 11) is 0. The molecule has 0 spiro atoms. The van der Waals surface area contributed by atoms with Gasteiger partial charge in [-0.05, 0) is 43.0 Å². The predicted octanol–water partition coefficient (Wildman–Crippen LogP) is 3.00. The summed E-state index contributed by atoms with van der Waals surface area (Å²) >= 11 is 13.6. The highest BCUT2D eigenvalue weighted by atomic mass is 35.5. The number of ether oxygens (including phenoxy) is 1. The molecule has 0 radical (unpaired) electrons. The van der Waals surface area contributed by atoms with Crippen molar-refractivity contribution in [2.45, 2.75) is 18.9 Å². The fourth-order valence-corrected chi connectivity index (χ4v) is 3.49. The number of hydrogen-bond acceptors (Lipinski definition) is 4. The van der Waals surface area contributed by atoms with Crippen LogP contribution in [0.25, 0.3) is 0 Å². The van der Waals surface area contributed by atoms with Crippen LogP contribution >= 0.6 is 35.0 Å². The number of nitrogens with one attached hydrogen (secondary N) is 2. The summed E-state index contributed by atoms with van der Waals surface area (Å²) in [5.74, 6) is 0.539. The Balaban J connectivity index is 1.97. The van der Waals surface area contributed by atoms with Gasteiger partial charge in [0.15, 0.2) is 0 Å². The van der Waals surface area contributed by atoms with E-state index >= 15 is 0 Å². The minimum Gasteiger partial charge on any atom is -0.381 e. The van der Waals surface area contributed by atoms with Gasteiger partial charge < -0.3 is 15.4 Å². The Morgan fingerprint density at radius 2 is 2.20 bits per heavy atom. The largest absolute Gasteiger partial charge is 0.381 e. The van der Waals surface area contributed by atoms with Gasteiger partial charge in [0, 0.05) is 24.1 Å². The molecule has 0 bridgehead atoms. The molecule has 1 aromatic rings. The maximum absolute atomic E-state index is 12.5. The molecule has 2 amide bonds. The minimum absolute atomic E-state index is 0.181. The van der Waals surface area contributed by atoms with E-state index in [0.29, 0.717) is 36.1 Å². The van der Waals surface area contributed by atoms with Crippen molar-refractivity contribution < 1.29 is 14.3 Å². The molecule has 1 aliphatic rings. The molecule has 2 rings (SSSR count). The first-order valence-corrected chi connectivity index (χ1v) is 10.3. The van der Waals surface area contributed by atoms with Gasteiger partial charge in [0.2, 0.25) is 5.91 Å². The van der Waals surface area contributed by atoms with E-state index < -0.39 is 6.04 Å². The van der Waals surface area contributed by atoms with Crippen molar-refractivity contribution in [1.82, 2.24) is 10.6 Å². The first-order chi connectivity index (χ1) is 12.0. The van der Waals surface area contributed by atoms with Gasteiger partial charge in [-0.15, -0.1) is 0 Å². The number of hydrogen-bond donors (Lipinski definition) is 2. The van der Waals surface area contributed by atoms with Crippen LogP contribution in [0.4, 0.5) is 0 Å². The summed E-state index contributed by atoms with van der Waals surface area (Å²) < 4.78 is 5.31. The number of thioether (sulfide) groups is 1. The van der Waals surface area contributed by atoms with E-state index in [-0.39, 0.29) is 16.8 Å². The van der Waals surface area contributed by atoms with Gasteiger partial charge in [-0.25, -0.2) is 0 Å². The number of amides is 2. The monoisotopic (exact) mass is 404 g/mol. The van der Waals surface area contributed by atoms with E-state index in [4.69, 9.17) is 27.9 Å². The molecule has 8 heteroatoms. The molecule has 1 aliphatic heterocycles. The molecule has 1 heterocycles. The highest BCUT2D eigenvalue weighted by molar-refractivity contribution is 7.98. The average Bonchev–Trinajstić information content (AvgIpc) is 3.09. The van der Waals surface area contributed by atoms with Gasteiger partial charge in [0.1, 0.15) is 6.04 Å². The summed E-state index contributed by atoms with van der Waals surface area (Å²) in [5, 5.41) is 6.41. The van der Waals surface area contributed by atoms with Gasteiger partial charge in [0.05, 0.1) is 17.2 Å². The van der Waals surface area contributed by atoms with Crippen LogP contribution < -0.4 is 10.6 Å². The number of benzene rings is 1. The van der Waals surface area contributed by atoms with Crippen LogP contribution in [0.15, 0.2) is 18.2 Å². The summed E-state index contributed by atoms with van der Waals surface area (Å²) in [4.78, 5) is 25.0. The molecular formula is C17H22Cl2N2O3S. The molecule has 0 aromatic heterocycles. The lowest BCUT2D eigenvalue weighted by molar-refractivity contribution is -0.123. The van der Waals surface area contributed by atoms with Crippen molar-refractivity contribution in [1.29, 1.82) is 0 Å². The molecule has 138 valence electrons. The highest BCUT2D eigenvalue weighted by Gasteiger charge is 2.24. The van der Waals surface area contributed by atoms with Crippen LogP contribution in [0.5, 0.6) is 0 Å². The van der Waals surface area contributed by atoms with Crippen LogP contribution in [0.3, 0.4) is 0 Å². The third-order valence-electron chi connectivity index (χ3n) is 4.00. The fourth-order valence-electron chi connectivity index (χ4n) is 2.53. The quantitative estimate of drug-likeness (QED) is 0.698. The second-order valence-electron chi connectivity index (χ2n) is 5.91. The number of carbonyl (C=O) groups excluding carboxylic acids is 2. The normalized spacial score (nSPS) is 18.0. The SMILES string of the molecule is CSCCC(NC(=O)c1ccc(Cl)cc1Cl)C(=O)NCC1CCOC1. The van der Waals surface area contributed by atoms with Crippen LogP contribution in [0.1, 0.15) is 23.2 Å². The van der Waals surface area contributed by atoms with E-state index in [1.807, 2.05) is 6.26 Å². The van der Waals surface area contributed by atoms with Gasteiger partial charge in [0.25, 0.3) is 5.91 Å². The second kappa shape index (κ2) is 10.3. The maximum Gasteiger partial charge on any atom is 0.253 e. The van der Waals surface area contributed by atoms with Crippen LogP contribution in [-0.2, 0) is 9.53 Å². The van der Waals surface area contributed by atoms with Crippen LogP contribution in [0.2, 0.25) is 10.0 Å². The summed E-state index contributed by atoms with van der Waals surface area (Å²) in [6.07, 6.45) is 3.45. The molecule has 0 aliphatic carbocycles. The molecule has 1 fully saturated rings. The fraction of sp³-hybridized carbons (Fsp3) is 0.529. The van der Waals surface area contributed by atoms with Crippen molar-refractivity contribution in [3.05, 3.63) is 33.8 Å². The Bertz CT molecular complexity index is 610. The van der Waals surface area contributed by atoms with E-state index in [2.05, 4.69) is 10.6 Å². The average molecular weight is 405 g/mol. The standard InChI is InChI=1S/C17H22Cl2N2O3S/c1-25-7-5-15(17(23)20-9-11-4-6-24-10-11)21-16(22)13-3-2-12(18)8-14(13)19/h2-3,8,11,15H,4-7,9-10H2,1H3,(H,20,23)(H,21,22). The Labute approximate surface area is 162 Å². The number of rotatable bonds is 8. The van der Waals surface area contributed by atoms with E-state index in [1.165, 1.54) is 6.07 Å². The molecule has 2 atom stereocenters. The first kappa shape index (κ1) is 20.4. The summed E-state index contributed by atoms with van der Waals surface area (Å²) in [5.41, 5.74) is 0.303. The Morgan fingerprint density at radius 3 is 2.84 bits per heavy atom. The van der Waals surface area contributed by atoms with Crippen molar-refractivity contribution in [3.8, 4) is 0 Å². The minimum atomic E-state index is -0.603. The first-order valence-electron chi connectivity index (χ1n) is 8.11. The molecule has 1 saturated heterocycles. The smallest absolute Gasteiger partial charge is 0.253 e. The number of halogens is 2. The highest BCUT2D eigenvalue weighted by Crippen LogP contribution is 2.21. The predicted molar refractivity (Wildman–Crippen MR) is 103 cm³/mol. The van der Waals surface area contributed by atoms with E-state index in [1.54, 1.807) is 23.9 Å². The second-order valence-corrected chi connectivity index (χ2v) is 7.74. The van der Waals surface area contributed by atoms with E-state index in [0.717, 1.165) is 18.8 Å². The van der Waals surface area contributed by atoms with Crippen molar-refractivity contribution in [2.75, 3.05) is 31.8 Å². The molecule has 25 heavy (non-hydrogen) atoms. The van der Waals surface area contributed by atoms with Gasteiger partial charge in [-0.1, -0.05) is 23.2 Å². The van der Waals surface area contributed by atoms with Crippen molar-refractivity contribution >= 4 is 46.8 Å². The molecular weight excluding hydrogens is 383 g/mol. The number of carbonyl (C=O) groups is 2. The molecule has 0 saturated carbocycles. The summed E-state index contributed by atoms with van der Waals surface area (Å²) in [6, 6.07) is 4.06. The lowest BCUT2D eigenvalue weighted by Gasteiger charge is -2.19. The Hall–Kier alpha value is -0.950. The maximum atomic E-state index is 12.5. The van der Waals surface area contributed by atoms with Crippen LogP contribution in [-0.4, -0.2) is 49.6 Å². The van der Waals surface area contributed by atoms with Crippen molar-refractivity contribution in [3.63, 3.8) is 0 Å². The molecule has 1 aromatic carbocycles. The van der Waals surface area contributed by atoms with Gasteiger partial charge in [-0.2, -0.15) is 11.8 Å². The van der Waals surface area contributed by atoms with Gasteiger partial charge >= 0.3 is 0 Å². The van der Waals surface area contributed by atoms with Gasteiger partial charge in [-0.3, -0.25) is 9.59 Å². The zero-order valence-corrected chi connectivity index (χ0v) is 16.3. The van der Waals surface area contributed by atoms with Crippen LogP contribution in [0, 0.1) is 5.92 Å². The third-order valence-corrected chi connectivity index (χ3v) is 5.19. The lowest BCUT2D eigenvalue weighted by Crippen LogP contribution is -2.48. The van der Waals surface area contributed by atoms with Crippen molar-refractivity contribution in [2.24, 2.45) is 5.92 Å². The lowest BCUT2D eigenvalue weighted by atomic mass is 10.1. The third kappa shape index (κ3) is 6.37. The zero-order chi connectivity index (χ0) is 18.2.